The number of aromatic nitrogens is 2. The molecule has 1 aromatic carbocycles. The van der Waals surface area contributed by atoms with Crippen molar-refractivity contribution in [3.05, 3.63) is 52.0 Å². The van der Waals surface area contributed by atoms with Crippen molar-refractivity contribution in [3.63, 3.8) is 0 Å². The highest BCUT2D eigenvalue weighted by atomic mass is 35.5. The lowest BCUT2D eigenvalue weighted by atomic mass is 10.1. The summed E-state index contributed by atoms with van der Waals surface area (Å²) < 4.78 is 3.11. The molecule has 0 aliphatic rings. The van der Waals surface area contributed by atoms with Crippen LogP contribution >= 0.6 is 11.6 Å². The number of rotatable bonds is 1. The summed E-state index contributed by atoms with van der Waals surface area (Å²) in [5.74, 6) is 0. The van der Waals surface area contributed by atoms with Crippen LogP contribution < -0.4 is 15.1 Å². The molecule has 0 bridgehead atoms. The summed E-state index contributed by atoms with van der Waals surface area (Å²) in [7, 11) is 3.29. The molecule has 0 N–H and O–H groups in total. The van der Waals surface area contributed by atoms with Gasteiger partial charge in [0.25, 0.3) is 5.56 Å². The Labute approximate surface area is 114 Å². The summed E-state index contributed by atoms with van der Waals surface area (Å²) in [6.07, 6.45) is 3.46. The molecular formula is C14H12ClN2O2+. The van der Waals surface area contributed by atoms with Gasteiger partial charge in [0.05, 0.1) is 5.52 Å². The molecule has 0 atom stereocenters. The number of fused-ring (bicyclic) bond motifs is 3. The standard InChI is InChI=1S/C14H12ClN2O2/c1-16-13-7-9(15)3-4-11(13)10-5-6-17(19-2)8-12(10)14(16)18/h3-8H,1-2H3/q+1. The molecule has 0 aliphatic heterocycles. The van der Waals surface area contributed by atoms with Crippen LogP contribution in [0.1, 0.15) is 0 Å². The predicted octanol–water partition coefficient (Wildman–Crippen LogP) is 1.69. The van der Waals surface area contributed by atoms with E-state index in [1.807, 2.05) is 18.2 Å². The summed E-state index contributed by atoms with van der Waals surface area (Å²) >= 11 is 6.00. The van der Waals surface area contributed by atoms with Crippen molar-refractivity contribution in [1.29, 1.82) is 0 Å². The number of aryl methyl sites for hydroxylation is 1. The Hall–Kier alpha value is -2.07. The van der Waals surface area contributed by atoms with E-state index in [0.717, 1.165) is 16.3 Å². The Morgan fingerprint density at radius 1 is 1.21 bits per heavy atom. The van der Waals surface area contributed by atoms with Gasteiger partial charge in [-0.1, -0.05) is 17.7 Å². The molecule has 4 nitrogen and oxygen atoms in total. The van der Waals surface area contributed by atoms with E-state index in [9.17, 15) is 4.79 Å². The molecule has 5 heteroatoms. The third kappa shape index (κ3) is 1.76. The van der Waals surface area contributed by atoms with Crippen molar-refractivity contribution in [2.45, 2.75) is 0 Å². The second kappa shape index (κ2) is 4.24. The van der Waals surface area contributed by atoms with Gasteiger partial charge in [-0.05, 0) is 12.1 Å². The summed E-state index contributed by atoms with van der Waals surface area (Å²) in [6, 6.07) is 7.42. The quantitative estimate of drug-likeness (QED) is 0.500. The van der Waals surface area contributed by atoms with Gasteiger partial charge in [0.15, 0.2) is 0 Å². The predicted molar refractivity (Wildman–Crippen MR) is 74.4 cm³/mol. The molecule has 96 valence electrons. The summed E-state index contributed by atoms with van der Waals surface area (Å²) in [4.78, 5) is 17.5. The average Bonchev–Trinajstić information content (AvgIpc) is 2.44. The number of pyridine rings is 2. The van der Waals surface area contributed by atoms with E-state index in [-0.39, 0.29) is 5.56 Å². The molecule has 2 aromatic heterocycles. The van der Waals surface area contributed by atoms with Crippen molar-refractivity contribution >= 4 is 33.3 Å². The molecule has 2 heterocycles. The lowest BCUT2D eigenvalue weighted by molar-refractivity contribution is -0.884. The Morgan fingerprint density at radius 2 is 2.00 bits per heavy atom. The molecule has 0 saturated carbocycles. The van der Waals surface area contributed by atoms with Gasteiger partial charge in [-0.25, -0.2) is 0 Å². The van der Waals surface area contributed by atoms with Crippen LogP contribution in [-0.4, -0.2) is 11.7 Å². The van der Waals surface area contributed by atoms with Crippen molar-refractivity contribution in [1.82, 2.24) is 4.57 Å². The third-order valence-electron chi connectivity index (χ3n) is 3.29. The first kappa shape index (κ1) is 12.0. The van der Waals surface area contributed by atoms with Gasteiger partial charge >= 0.3 is 0 Å². The zero-order valence-corrected chi connectivity index (χ0v) is 11.3. The van der Waals surface area contributed by atoms with Crippen LogP contribution in [0.2, 0.25) is 5.02 Å². The number of halogens is 1. The van der Waals surface area contributed by atoms with Crippen molar-refractivity contribution in [3.8, 4) is 0 Å². The molecule has 0 spiro atoms. The van der Waals surface area contributed by atoms with Crippen LogP contribution in [0.25, 0.3) is 21.7 Å². The van der Waals surface area contributed by atoms with Gasteiger partial charge in [-0.15, -0.1) is 0 Å². The molecule has 3 rings (SSSR count). The van der Waals surface area contributed by atoms with Gasteiger partial charge in [0, 0.05) is 33.6 Å². The first-order chi connectivity index (χ1) is 9.11. The highest BCUT2D eigenvalue weighted by molar-refractivity contribution is 6.31. The van der Waals surface area contributed by atoms with Crippen molar-refractivity contribution < 1.29 is 9.57 Å². The van der Waals surface area contributed by atoms with Crippen molar-refractivity contribution in [2.24, 2.45) is 7.05 Å². The van der Waals surface area contributed by atoms with Gasteiger partial charge in [0.1, 0.15) is 12.5 Å². The van der Waals surface area contributed by atoms with Crippen LogP contribution in [0.4, 0.5) is 0 Å². The fraction of sp³-hybridized carbons (Fsp3) is 0.143. The van der Waals surface area contributed by atoms with E-state index in [0.29, 0.717) is 10.4 Å². The number of benzene rings is 1. The minimum absolute atomic E-state index is 0.0730. The lowest BCUT2D eigenvalue weighted by Gasteiger charge is -2.08. The van der Waals surface area contributed by atoms with E-state index in [2.05, 4.69) is 0 Å². The fourth-order valence-electron chi connectivity index (χ4n) is 2.30. The second-order valence-corrected chi connectivity index (χ2v) is 4.78. The van der Waals surface area contributed by atoms with E-state index in [1.165, 1.54) is 4.73 Å². The molecule has 19 heavy (non-hydrogen) atoms. The summed E-state index contributed by atoms with van der Waals surface area (Å²) in [5.41, 5.74) is 0.747. The topological polar surface area (TPSA) is 35.1 Å². The van der Waals surface area contributed by atoms with E-state index >= 15 is 0 Å². The molecule has 3 aromatic rings. The second-order valence-electron chi connectivity index (χ2n) is 4.34. The zero-order chi connectivity index (χ0) is 13.6. The summed E-state index contributed by atoms with van der Waals surface area (Å²) in [5, 5.41) is 3.11. The van der Waals surface area contributed by atoms with Gasteiger partial charge in [0.2, 0.25) is 12.4 Å². The first-order valence-corrected chi connectivity index (χ1v) is 6.17. The summed E-state index contributed by atoms with van der Waals surface area (Å²) in [6.45, 7) is 0. The first-order valence-electron chi connectivity index (χ1n) is 5.79. The largest absolute Gasteiger partial charge is 0.311 e. The zero-order valence-electron chi connectivity index (χ0n) is 10.6. The lowest BCUT2D eigenvalue weighted by Crippen LogP contribution is -2.40. The molecule has 0 amide bonds. The Kier molecular flexibility index (Phi) is 2.68. The van der Waals surface area contributed by atoms with Crippen LogP contribution in [0.15, 0.2) is 41.5 Å². The Morgan fingerprint density at radius 3 is 2.74 bits per heavy atom. The van der Waals surface area contributed by atoms with Gasteiger partial charge < -0.3 is 4.57 Å². The minimum Gasteiger partial charge on any atom is -0.311 e. The van der Waals surface area contributed by atoms with Gasteiger partial charge in [-0.2, -0.15) is 0 Å². The normalized spacial score (nSPS) is 11.1. The number of hydrogen-bond donors (Lipinski definition) is 0. The van der Waals surface area contributed by atoms with Crippen LogP contribution in [-0.2, 0) is 7.05 Å². The highest BCUT2D eigenvalue weighted by Crippen LogP contribution is 2.24. The molecule has 0 fully saturated rings. The minimum atomic E-state index is -0.0730. The fourth-order valence-corrected chi connectivity index (χ4v) is 2.46. The SMILES string of the molecule is CO[n+]1ccc2c(c1)c(=O)n(C)c1cc(Cl)ccc21. The monoisotopic (exact) mass is 275 g/mol. The molecule has 0 radical (unpaired) electrons. The van der Waals surface area contributed by atoms with E-state index in [4.69, 9.17) is 16.4 Å². The van der Waals surface area contributed by atoms with Crippen LogP contribution in [0.5, 0.6) is 0 Å². The molecule has 0 aliphatic carbocycles. The average molecular weight is 276 g/mol. The maximum Gasteiger partial charge on any atom is 0.264 e. The Bertz CT molecular complexity index is 855. The molecule has 0 unspecified atom stereocenters. The van der Waals surface area contributed by atoms with E-state index in [1.54, 1.807) is 37.2 Å². The van der Waals surface area contributed by atoms with Crippen LogP contribution in [0.3, 0.4) is 0 Å². The van der Waals surface area contributed by atoms with Gasteiger partial charge in [-0.3, -0.25) is 9.63 Å². The number of nitrogens with zero attached hydrogens (tertiary/aromatic N) is 2. The van der Waals surface area contributed by atoms with Crippen LogP contribution in [0, 0.1) is 0 Å². The maximum absolute atomic E-state index is 12.4. The smallest absolute Gasteiger partial charge is 0.264 e. The van der Waals surface area contributed by atoms with Crippen molar-refractivity contribution in [2.75, 3.05) is 7.11 Å². The molecule has 0 saturated heterocycles. The number of hydrogen-bond acceptors (Lipinski definition) is 2. The molecular weight excluding hydrogens is 264 g/mol. The third-order valence-corrected chi connectivity index (χ3v) is 3.53. The Balaban J connectivity index is 2.58. The highest BCUT2D eigenvalue weighted by Gasteiger charge is 2.13. The van der Waals surface area contributed by atoms with E-state index < -0.39 is 0 Å². The maximum atomic E-state index is 12.4.